The summed E-state index contributed by atoms with van der Waals surface area (Å²) >= 11 is 5.80. The van der Waals surface area contributed by atoms with Crippen molar-refractivity contribution in [2.75, 3.05) is 26.3 Å². The average Bonchev–Trinajstić information content (AvgIpc) is 3.23. The summed E-state index contributed by atoms with van der Waals surface area (Å²) in [6.45, 7) is 4.65. The van der Waals surface area contributed by atoms with Crippen LogP contribution in [0.4, 0.5) is 4.39 Å². The summed E-state index contributed by atoms with van der Waals surface area (Å²) in [5.74, 6) is 0.393. The van der Waals surface area contributed by atoms with E-state index in [2.05, 4.69) is 4.90 Å². The van der Waals surface area contributed by atoms with Crippen molar-refractivity contribution in [1.82, 2.24) is 14.5 Å². The molecule has 8 nitrogen and oxygen atoms in total. The number of hydrogen-bond donors (Lipinski definition) is 1. The fraction of sp³-hybridized carbons (Fsp3) is 0.355. The van der Waals surface area contributed by atoms with Crippen LogP contribution < -0.4 is 9.47 Å². The van der Waals surface area contributed by atoms with Crippen molar-refractivity contribution in [1.29, 1.82) is 0 Å². The number of fused-ring (bicyclic) bond motifs is 1. The van der Waals surface area contributed by atoms with E-state index in [1.165, 1.54) is 18.6 Å². The number of carboxylic acids is 1. The van der Waals surface area contributed by atoms with E-state index >= 15 is 0 Å². The van der Waals surface area contributed by atoms with Crippen LogP contribution in [0.25, 0.3) is 11.0 Å². The molecule has 0 atom stereocenters. The first-order valence-electron chi connectivity index (χ1n) is 13.7. The van der Waals surface area contributed by atoms with Gasteiger partial charge in [-0.05, 0) is 73.4 Å². The molecule has 2 aliphatic heterocycles. The standard InChI is InChI=1S/C28H27ClFN3O4.C3H6O/c1-32-25-14-19(28(34)35)5-7-24(25)31-27(32)16-33-11-9-21(10-12-33)37-22-4-2-3-18(13-22)17-36-26-8-6-20(29)15-23(26)30;1-2-4-3-1/h2-8,13-15,21H,9-12,16-17H2,1H3,(H,34,35);1-3H2. The number of likely N-dealkylation sites (tertiary alicyclic amines) is 1. The minimum atomic E-state index is -0.944. The molecule has 2 aliphatic rings. The van der Waals surface area contributed by atoms with E-state index < -0.39 is 11.8 Å². The molecule has 2 saturated heterocycles. The molecule has 0 amide bonds. The van der Waals surface area contributed by atoms with Gasteiger partial charge in [0.15, 0.2) is 11.6 Å². The number of rotatable bonds is 8. The molecule has 216 valence electrons. The zero-order valence-electron chi connectivity index (χ0n) is 22.9. The van der Waals surface area contributed by atoms with Crippen molar-refractivity contribution < 1.29 is 28.5 Å². The predicted octanol–water partition coefficient (Wildman–Crippen LogP) is 6.09. The van der Waals surface area contributed by atoms with Gasteiger partial charge in [-0.15, -0.1) is 0 Å². The molecule has 3 aromatic carbocycles. The van der Waals surface area contributed by atoms with Gasteiger partial charge >= 0.3 is 5.97 Å². The van der Waals surface area contributed by atoms with Gasteiger partial charge in [0.2, 0.25) is 0 Å². The highest BCUT2D eigenvalue weighted by atomic mass is 35.5. The van der Waals surface area contributed by atoms with Crippen molar-refractivity contribution >= 4 is 28.6 Å². The number of imidazole rings is 1. The minimum Gasteiger partial charge on any atom is -0.490 e. The molecular formula is C31H33ClFN3O5. The van der Waals surface area contributed by atoms with E-state index in [9.17, 15) is 14.3 Å². The molecule has 1 N–H and O–H groups in total. The number of halogens is 2. The van der Waals surface area contributed by atoms with Crippen molar-refractivity contribution in [3.8, 4) is 11.5 Å². The molecule has 2 fully saturated rings. The Morgan fingerprint density at radius 2 is 1.88 bits per heavy atom. The number of hydrogen-bond acceptors (Lipinski definition) is 6. The Labute approximate surface area is 243 Å². The third-order valence-electron chi connectivity index (χ3n) is 7.19. The van der Waals surface area contributed by atoms with Crippen LogP contribution in [0.2, 0.25) is 5.02 Å². The van der Waals surface area contributed by atoms with E-state index in [1.54, 1.807) is 24.3 Å². The van der Waals surface area contributed by atoms with Gasteiger partial charge < -0.3 is 23.9 Å². The van der Waals surface area contributed by atoms with Crippen molar-refractivity contribution in [3.63, 3.8) is 0 Å². The van der Waals surface area contributed by atoms with Crippen molar-refractivity contribution in [2.45, 2.75) is 38.5 Å². The molecule has 3 heterocycles. The fourth-order valence-electron chi connectivity index (χ4n) is 4.70. The summed E-state index contributed by atoms with van der Waals surface area (Å²) in [6.07, 6.45) is 3.13. The van der Waals surface area contributed by atoms with Crippen LogP contribution in [-0.4, -0.2) is 57.9 Å². The Balaban J connectivity index is 0.000000777. The van der Waals surface area contributed by atoms with Crippen LogP contribution in [-0.2, 0) is 24.9 Å². The topological polar surface area (TPSA) is 86.0 Å². The van der Waals surface area contributed by atoms with Gasteiger partial charge in [-0.2, -0.15) is 0 Å². The SMILES string of the molecule is C1COC1.Cn1c(CN2CCC(Oc3cccc(COc4ccc(Cl)cc4F)c3)CC2)nc2ccc(C(=O)O)cc21. The second-order valence-corrected chi connectivity index (χ2v) is 10.6. The zero-order valence-corrected chi connectivity index (χ0v) is 23.6. The van der Waals surface area contributed by atoms with Gasteiger partial charge in [0.1, 0.15) is 24.3 Å². The molecule has 0 unspecified atom stereocenters. The molecular weight excluding hydrogens is 549 g/mol. The monoisotopic (exact) mass is 581 g/mol. The summed E-state index contributed by atoms with van der Waals surface area (Å²) in [5, 5.41) is 9.60. The Morgan fingerprint density at radius 1 is 1.12 bits per heavy atom. The lowest BCUT2D eigenvalue weighted by molar-refractivity contribution is 0.0367. The van der Waals surface area contributed by atoms with E-state index in [0.29, 0.717) is 11.6 Å². The lowest BCUT2D eigenvalue weighted by Crippen LogP contribution is -2.38. The number of benzene rings is 3. The number of aryl methyl sites for hydroxylation is 1. The Hall–Kier alpha value is -3.66. The average molecular weight is 582 g/mol. The molecule has 1 aromatic heterocycles. The normalized spacial score (nSPS) is 15.6. The summed E-state index contributed by atoms with van der Waals surface area (Å²) in [6, 6.07) is 17.0. The molecule has 41 heavy (non-hydrogen) atoms. The van der Waals surface area contributed by atoms with Crippen molar-refractivity contribution in [2.24, 2.45) is 7.05 Å². The zero-order chi connectivity index (χ0) is 28.8. The number of carbonyl (C=O) groups is 1. The van der Waals surface area contributed by atoms with Crippen molar-refractivity contribution in [3.05, 3.63) is 88.5 Å². The number of nitrogens with zero attached hydrogens (tertiary/aromatic N) is 3. The summed E-state index contributed by atoms with van der Waals surface area (Å²) in [5.41, 5.74) is 2.75. The number of aromatic carboxylic acids is 1. The van der Waals surface area contributed by atoms with Gasteiger partial charge in [-0.1, -0.05) is 23.7 Å². The maximum atomic E-state index is 14.0. The van der Waals surface area contributed by atoms with E-state index in [0.717, 1.165) is 67.3 Å². The smallest absolute Gasteiger partial charge is 0.335 e. The molecule has 0 bridgehead atoms. The summed E-state index contributed by atoms with van der Waals surface area (Å²) in [4.78, 5) is 18.3. The van der Waals surface area contributed by atoms with E-state index in [4.69, 9.17) is 30.8 Å². The summed E-state index contributed by atoms with van der Waals surface area (Å²) in [7, 11) is 1.92. The third-order valence-corrected chi connectivity index (χ3v) is 7.42. The lowest BCUT2D eigenvalue weighted by atomic mass is 10.1. The number of ether oxygens (including phenoxy) is 3. The van der Waals surface area contributed by atoms with E-state index in [-0.39, 0.29) is 24.0 Å². The second kappa shape index (κ2) is 13.3. The Bertz CT molecular complexity index is 1490. The Kier molecular flexibility index (Phi) is 9.38. The first kappa shape index (κ1) is 28.9. The first-order valence-corrected chi connectivity index (χ1v) is 14.1. The van der Waals surface area contributed by atoms with Gasteiger partial charge in [0.25, 0.3) is 0 Å². The quantitative estimate of drug-likeness (QED) is 0.269. The van der Waals surface area contributed by atoms with Crippen LogP contribution in [0.15, 0.2) is 60.7 Å². The highest BCUT2D eigenvalue weighted by Crippen LogP contribution is 2.25. The van der Waals surface area contributed by atoms with Crippen LogP contribution >= 0.6 is 11.6 Å². The first-order chi connectivity index (χ1) is 19.9. The van der Waals surface area contributed by atoms with Crippen LogP contribution in [0.3, 0.4) is 0 Å². The Morgan fingerprint density at radius 3 is 2.56 bits per heavy atom. The van der Waals surface area contributed by atoms with Gasteiger partial charge in [-0.25, -0.2) is 14.2 Å². The molecule has 0 aliphatic carbocycles. The third kappa shape index (κ3) is 7.55. The maximum absolute atomic E-state index is 14.0. The van der Waals surface area contributed by atoms with Crippen LogP contribution in [0, 0.1) is 5.82 Å². The largest absolute Gasteiger partial charge is 0.490 e. The second-order valence-electron chi connectivity index (χ2n) is 10.2. The van der Waals surface area contributed by atoms with Gasteiger partial charge in [-0.3, -0.25) is 4.90 Å². The fourth-order valence-corrected chi connectivity index (χ4v) is 4.86. The van der Waals surface area contributed by atoms with Crippen LogP contribution in [0.1, 0.15) is 41.0 Å². The molecule has 0 radical (unpaired) electrons. The van der Waals surface area contributed by atoms with E-state index in [1.807, 2.05) is 35.9 Å². The molecule has 6 rings (SSSR count). The minimum absolute atomic E-state index is 0.0969. The van der Waals surface area contributed by atoms with Gasteiger partial charge in [0.05, 0.1) is 23.1 Å². The maximum Gasteiger partial charge on any atom is 0.335 e. The number of carboxylic acid groups (broad SMARTS) is 1. The number of piperidine rings is 1. The summed E-state index contributed by atoms with van der Waals surface area (Å²) < 4.78 is 32.5. The lowest BCUT2D eigenvalue weighted by Gasteiger charge is -2.32. The highest BCUT2D eigenvalue weighted by molar-refractivity contribution is 6.30. The highest BCUT2D eigenvalue weighted by Gasteiger charge is 2.22. The number of aromatic nitrogens is 2. The van der Waals surface area contributed by atoms with Gasteiger partial charge in [0, 0.05) is 38.4 Å². The van der Waals surface area contributed by atoms with Crippen LogP contribution in [0.5, 0.6) is 11.5 Å². The predicted molar refractivity (Wildman–Crippen MR) is 154 cm³/mol. The molecule has 0 spiro atoms. The molecule has 10 heteroatoms. The molecule has 4 aromatic rings. The molecule has 0 saturated carbocycles.